The Morgan fingerprint density at radius 1 is 1.41 bits per heavy atom. The molecule has 2 nitrogen and oxygen atoms in total. The summed E-state index contributed by atoms with van der Waals surface area (Å²) in [4.78, 5) is 4.30. The van der Waals surface area contributed by atoms with Crippen LogP contribution in [0.5, 0.6) is 0 Å². The Bertz CT molecular complexity index is 513. The Kier molecular flexibility index (Phi) is 3.61. The summed E-state index contributed by atoms with van der Waals surface area (Å²) in [5.41, 5.74) is 0.00269. The maximum atomic E-state index is 12.9. The summed E-state index contributed by atoms with van der Waals surface area (Å²) < 4.78 is 12.9. The molecule has 17 heavy (non-hydrogen) atoms. The molecule has 90 valence electrons. The van der Waals surface area contributed by atoms with Gasteiger partial charge in [-0.1, -0.05) is 28.1 Å². The summed E-state index contributed by atoms with van der Waals surface area (Å²) in [5, 5.41) is 13.7. The van der Waals surface area contributed by atoms with Gasteiger partial charge < -0.3 is 5.11 Å². The number of hydrogen-bond donors (Lipinski definition) is 1. The lowest BCUT2D eigenvalue weighted by Gasteiger charge is -2.24. The molecule has 0 aliphatic rings. The van der Waals surface area contributed by atoms with Gasteiger partial charge in [-0.25, -0.2) is 9.37 Å². The first-order valence-corrected chi connectivity index (χ1v) is 7.03. The standard InChI is InChI=1S/C12H11BrFNOS/c1-8-15-11(6-17-8)12(16,7-13)9-2-4-10(14)5-3-9/h2-6,16H,7H2,1H3. The van der Waals surface area contributed by atoms with Gasteiger partial charge in [0.25, 0.3) is 0 Å². The second-order valence-corrected chi connectivity index (χ2v) is 5.38. The molecule has 0 aliphatic heterocycles. The van der Waals surface area contributed by atoms with Crippen molar-refractivity contribution >= 4 is 27.3 Å². The molecular formula is C12H11BrFNOS. The molecule has 1 atom stereocenters. The van der Waals surface area contributed by atoms with E-state index in [0.717, 1.165) is 5.01 Å². The van der Waals surface area contributed by atoms with Gasteiger partial charge in [0.05, 0.1) is 10.7 Å². The average Bonchev–Trinajstić information content (AvgIpc) is 2.76. The van der Waals surface area contributed by atoms with Crippen LogP contribution in [0.3, 0.4) is 0 Å². The zero-order chi connectivity index (χ0) is 12.5. The lowest BCUT2D eigenvalue weighted by atomic mass is 9.93. The zero-order valence-electron chi connectivity index (χ0n) is 9.15. The van der Waals surface area contributed by atoms with E-state index in [1.807, 2.05) is 12.3 Å². The minimum absolute atomic E-state index is 0.314. The minimum Gasteiger partial charge on any atom is -0.378 e. The number of nitrogens with zero attached hydrogens (tertiary/aromatic N) is 1. The topological polar surface area (TPSA) is 33.1 Å². The molecule has 0 radical (unpaired) electrons. The fourth-order valence-corrected chi connectivity index (χ4v) is 2.86. The van der Waals surface area contributed by atoms with Crippen molar-refractivity contribution in [2.75, 3.05) is 5.33 Å². The number of benzene rings is 1. The number of alkyl halides is 1. The number of hydrogen-bond acceptors (Lipinski definition) is 3. The van der Waals surface area contributed by atoms with Crippen molar-refractivity contribution < 1.29 is 9.50 Å². The predicted molar refractivity (Wildman–Crippen MR) is 70.0 cm³/mol. The molecule has 2 aromatic rings. The predicted octanol–water partition coefficient (Wildman–Crippen LogP) is 3.22. The SMILES string of the molecule is Cc1nc(C(O)(CBr)c2ccc(F)cc2)cs1. The highest BCUT2D eigenvalue weighted by atomic mass is 79.9. The normalized spacial score (nSPS) is 14.6. The van der Waals surface area contributed by atoms with Gasteiger partial charge in [-0.2, -0.15) is 0 Å². The van der Waals surface area contributed by atoms with Crippen LogP contribution in [0.1, 0.15) is 16.3 Å². The highest BCUT2D eigenvalue weighted by Gasteiger charge is 2.32. The maximum absolute atomic E-state index is 12.9. The number of halogens is 2. The average molecular weight is 316 g/mol. The highest BCUT2D eigenvalue weighted by Crippen LogP contribution is 2.32. The number of rotatable bonds is 3. The Hall–Kier alpha value is -0.780. The van der Waals surface area contributed by atoms with Crippen molar-refractivity contribution in [2.45, 2.75) is 12.5 Å². The summed E-state index contributed by atoms with van der Waals surface area (Å²) in [6.45, 7) is 1.88. The summed E-state index contributed by atoms with van der Waals surface area (Å²) in [5.74, 6) is -0.319. The van der Waals surface area contributed by atoms with Gasteiger partial charge in [-0.3, -0.25) is 0 Å². The highest BCUT2D eigenvalue weighted by molar-refractivity contribution is 9.09. The van der Waals surface area contributed by atoms with Crippen LogP contribution in [0.25, 0.3) is 0 Å². The second kappa shape index (κ2) is 4.84. The van der Waals surface area contributed by atoms with E-state index in [1.54, 1.807) is 12.1 Å². The van der Waals surface area contributed by atoms with Crippen LogP contribution >= 0.6 is 27.3 Å². The van der Waals surface area contributed by atoms with E-state index in [4.69, 9.17) is 0 Å². The van der Waals surface area contributed by atoms with Gasteiger partial charge in [-0.15, -0.1) is 11.3 Å². The van der Waals surface area contributed by atoms with Crippen molar-refractivity contribution in [1.29, 1.82) is 0 Å². The van der Waals surface area contributed by atoms with E-state index in [9.17, 15) is 9.50 Å². The first-order chi connectivity index (χ1) is 8.06. The minimum atomic E-state index is -1.21. The monoisotopic (exact) mass is 315 g/mol. The van der Waals surface area contributed by atoms with Crippen LogP contribution in [-0.4, -0.2) is 15.4 Å². The molecule has 0 aliphatic carbocycles. The molecule has 1 aromatic carbocycles. The molecule has 1 heterocycles. The summed E-state index contributed by atoms with van der Waals surface area (Å²) in [6, 6.07) is 5.82. The van der Waals surface area contributed by atoms with Gasteiger partial charge >= 0.3 is 0 Å². The van der Waals surface area contributed by atoms with Gasteiger partial charge in [-0.05, 0) is 24.6 Å². The van der Waals surface area contributed by atoms with Gasteiger partial charge in [0, 0.05) is 10.7 Å². The summed E-state index contributed by atoms with van der Waals surface area (Å²) >= 11 is 4.77. The molecule has 0 amide bonds. The quantitative estimate of drug-likeness (QED) is 0.882. The van der Waals surface area contributed by atoms with Crippen LogP contribution in [0.2, 0.25) is 0 Å². The van der Waals surface area contributed by atoms with Gasteiger partial charge in [0.1, 0.15) is 11.4 Å². The van der Waals surface area contributed by atoms with Crippen LogP contribution < -0.4 is 0 Å². The van der Waals surface area contributed by atoms with Crippen LogP contribution in [-0.2, 0) is 5.60 Å². The maximum Gasteiger partial charge on any atom is 0.142 e. The summed E-state index contributed by atoms with van der Waals surface area (Å²) in [7, 11) is 0. The first kappa shape index (κ1) is 12.7. The van der Waals surface area contributed by atoms with Gasteiger partial charge in [0.15, 0.2) is 0 Å². The molecule has 1 unspecified atom stereocenters. The van der Waals surface area contributed by atoms with Crippen molar-refractivity contribution in [3.8, 4) is 0 Å². The number of aliphatic hydroxyl groups is 1. The third-order valence-electron chi connectivity index (χ3n) is 2.56. The number of thiazole rings is 1. The van der Waals surface area contributed by atoms with Crippen molar-refractivity contribution in [2.24, 2.45) is 0 Å². The molecule has 5 heteroatoms. The zero-order valence-corrected chi connectivity index (χ0v) is 11.6. The van der Waals surface area contributed by atoms with Crippen molar-refractivity contribution in [1.82, 2.24) is 4.98 Å². The molecule has 0 bridgehead atoms. The van der Waals surface area contributed by atoms with Crippen LogP contribution in [0.4, 0.5) is 4.39 Å². The Labute approximate surface area is 111 Å². The van der Waals surface area contributed by atoms with Crippen molar-refractivity contribution in [3.63, 3.8) is 0 Å². The smallest absolute Gasteiger partial charge is 0.142 e. The lowest BCUT2D eigenvalue weighted by molar-refractivity contribution is 0.105. The fraction of sp³-hybridized carbons (Fsp3) is 0.250. The molecule has 0 saturated carbocycles. The van der Waals surface area contributed by atoms with Crippen molar-refractivity contribution in [3.05, 3.63) is 51.7 Å². The van der Waals surface area contributed by atoms with E-state index in [1.165, 1.54) is 23.5 Å². The van der Waals surface area contributed by atoms with Crippen LogP contribution in [0.15, 0.2) is 29.6 Å². The summed E-state index contributed by atoms with van der Waals surface area (Å²) in [6.07, 6.45) is 0. The number of aryl methyl sites for hydroxylation is 1. The van der Waals surface area contributed by atoms with Crippen LogP contribution in [0, 0.1) is 12.7 Å². The Morgan fingerprint density at radius 3 is 2.53 bits per heavy atom. The largest absolute Gasteiger partial charge is 0.378 e. The molecule has 0 spiro atoms. The Balaban J connectivity index is 2.47. The van der Waals surface area contributed by atoms with E-state index in [-0.39, 0.29) is 5.82 Å². The third-order valence-corrected chi connectivity index (χ3v) is 4.14. The lowest BCUT2D eigenvalue weighted by Crippen LogP contribution is -2.29. The van der Waals surface area contributed by atoms with E-state index >= 15 is 0 Å². The number of aromatic nitrogens is 1. The van der Waals surface area contributed by atoms with E-state index in [0.29, 0.717) is 16.6 Å². The molecule has 0 saturated heterocycles. The molecule has 2 rings (SSSR count). The molecule has 1 N–H and O–H groups in total. The fourth-order valence-electron chi connectivity index (χ4n) is 1.57. The first-order valence-electron chi connectivity index (χ1n) is 5.03. The van der Waals surface area contributed by atoms with E-state index < -0.39 is 5.60 Å². The third kappa shape index (κ3) is 2.41. The molecule has 1 aromatic heterocycles. The van der Waals surface area contributed by atoms with E-state index in [2.05, 4.69) is 20.9 Å². The Morgan fingerprint density at radius 2 is 2.06 bits per heavy atom. The molecular weight excluding hydrogens is 305 g/mol. The molecule has 0 fully saturated rings. The van der Waals surface area contributed by atoms with Gasteiger partial charge in [0.2, 0.25) is 0 Å². The second-order valence-electron chi connectivity index (χ2n) is 3.75.